The lowest BCUT2D eigenvalue weighted by molar-refractivity contribution is -0.136. The molecule has 1 aromatic heterocycles. The number of hydrogen-bond acceptors (Lipinski definition) is 2. The molecule has 1 N–H and O–H groups in total. The molecule has 0 aromatic carbocycles. The molecule has 2 nitrogen and oxygen atoms in total. The van der Waals surface area contributed by atoms with Crippen molar-refractivity contribution in [2.45, 2.75) is 32.0 Å². The van der Waals surface area contributed by atoms with E-state index in [1.165, 1.54) is 6.26 Å². The normalized spacial score (nSPS) is 14.2. The molecular weight excluding hydrogens is 207 g/mol. The second-order valence-corrected chi connectivity index (χ2v) is 3.49. The van der Waals surface area contributed by atoms with Crippen molar-refractivity contribution in [3.63, 3.8) is 0 Å². The summed E-state index contributed by atoms with van der Waals surface area (Å²) >= 11 is 0. The van der Waals surface area contributed by atoms with Crippen LogP contribution in [-0.4, -0.2) is 13.2 Å². The molecule has 0 saturated heterocycles. The second-order valence-electron chi connectivity index (χ2n) is 3.49. The second kappa shape index (κ2) is 4.70. The molecule has 0 radical (unpaired) electrons. The van der Waals surface area contributed by atoms with Crippen LogP contribution >= 0.6 is 0 Å². The van der Waals surface area contributed by atoms with Crippen LogP contribution in [0.3, 0.4) is 0 Å². The van der Waals surface area contributed by atoms with Gasteiger partial charge in [-0.25, -0.2) is 0 Å². The van der Waals surface area contributed by atoms with Gasteiger partial charge >= 0.3 is 6.18 Å². The van der Waals surface area contributed by atoms with Crippen LogP contribution in [0.5, 0.6) is 0 Å². The Labute approximate surface area is 86.5 Å². The Morgan fingerprint density at radius 3 is 2.53 bits per heavy atom. The van der Waals surface area contributed by atoms with Crippen molar-refractivity contribution in [2.75, 3.05) is 7.05 Å². The Morgan fingerprint density at radius 1 is 1.47 bits per heavy atom. The van der Waals surface area contributed by atoms with E-state index in [2.05, 4.69) is 5.32 Å². The van der Waals surface area contributed by atoms with E-state index in [0.29, 0.717) is 5.76 Å². The van der Waals surface area contributed by atoms with Gasteiger partial charge in [-0.15, -0.1) is 0 Å². The van der Waals surface area contributed by atoms with E-state index in [9.17, 15) is 13.2 Å². The fourth-order valence-corrected chi connectivity index (χ4v) is 1.43. The van der Waals surface area contributed by atoms with E-state index < -0.39 is 12.6 Å². The van der Waals surface area contributed by atoms with Crippen molar-refractivity contribution < 1.29 is 17.6 Å². The van der Waals surface area contributed by atoms with Crippen molar-refractivity contribution in [3.8, 4) is 0 Å². The molecule has 0 saturated carbocycles. The summed E-state index contributed by atoms with van der Waals surface area (Å²) < 4.78 is 41.1. The van der Waals surface area contributed by atoms with E-state index in [1.54, 1.807) is 20.0 Å². The average molecular weight is 221 g/mol. The minimum Gasteiger partial charge on any atom is -0.469 e. The van der Waals surface area contributed by atoms with Crippen LogP contribution in [-0.2, 0) is 0 Å². The third kappa shape index (κ3) is 3.95. The van der Waals surface area contributed by atoms with Gasteiger partial charge in [0.25, 0.3) is 0 Å². The molecule has 1 heterocycles. The summed E-state index contributed by atoms with van der Waals surface area (Å²) in [5.74, 6) is 0.706. The maximum atomic E-state index is 12.0. The molecule has 0 bridgehead atoms. The Balaban J connectivity index is 2.57. The van der Waals surface area contributed by atoms with Crippen LogP contribution in [0.2, 0.25) is 0 Å². The van der Waals surface area contributed by atoms with Gasteiger partial charge in [0.1, 0.15) is 5.76 Å². The van der Waals surface area contributed by atoms with Gasteiger partial charge < -0.3 is 9.73 Å². The molecule has 0 aliphatic carbocycles. The van der Waals surface area contributed by atoms with Gasteiger partial charge in [-0.3, -0.25) is 0 Å². The quantitative estimate of drug-likeness (QED) is 0.844. The topological polar surface area (TPSA) is 25.2 Å². The van der Waals surface area contributed by atoms with Crippen LogP contribution in [0.15, 0.2) is 16.7 Å². The smallest absolute Gasteiger partial charge is 0.389 e. The molecule has 1 aromatic rings. The zero-order valence-corrected chi connectivity index (χ0v) is 8.69. The molecule has 5 heteroatoms. The van der Waals surface area contributed by atoms with Crippen molar-refractivity contribution in [1.29, 1.82) is 0 Å². The Kier molecular flexibility index (Phi) is 3.79. The maximum absolute atomic E-state index is 12.0. The molecule has 86 valence electrons. The molecular formula is C10H14F3NO. The molecule has 0 amide bonds. The highest BCUT2D eigenvalue weighted by atomic mass is 19.4. The highest BCUT2D eigenvalue weighted by Crippen LogP contribution is 2.28. The van der Waals surface area contributed by atoms with Gasteiger partial charge in [-0.1, -0.05) is 0 Å². The van der Waals surface area contributed by atoms with Crippen LogP contribution in [0.25, 0.3) is 0 Å². The number of hydrogen-bond donors (Lipinski definition) is 1. The third-order valence-electron chi connectivity index (χ3n) is 2.22. The number of rotatable bonds is 4. The summed E-state index contributed by atoms with van der Waals surface area (Å²) in [5, 5.41) is 2.84. The van der Waals surface area contributed by atoms with Gasteiger partial charge in [-0.2, -0.15) is 13.2 Å². The fourth-order valence-electron chi connectivity index (χ4n) is 1.43. The summed E-state index contributed by atoms with van der Waals surface area (Å²) in [6.45, 7) is 1.76. The van der Waals surface area contributed by atoms with Crippen molar-refractivity contribution in [2.24, 2.45) is 0 Å². The number of aryl methyl sites for hydroxylation is 1. The van der Waals surface area contributed by atoms with E-state index >= 15 is 0 Å². The summed E-state index contributed by atoms with van der Waals surface area (Å²) in [6, 6.07) is 1.45. The van der Waals surface area contributed by atoms with E-state index in [-0.39, 0.29) is 12.5 Å². The van der Waals surface area contributed by atoms with Gasteiger partial charge in [0.05, 0.1) is 6.26 Å². The van der Waals surface area contributed by atoms with E-state index in [0.717, 1.165) is 5.56 Å². The third-order valence-corrected chi connectivity index (χ3v) is 2.22. The van der Waals surface area contributed by atoms with Crippen LogP contribution in [0.1, 0.15) is 30.2 Å². The summed E-state index contributed by atoms with van der Waals surface area (Å²) in [5.41, 5.74) is 0.763. The van der Waals surface area contributed by atoms with Crippen molar-refractivity contribution in [1.82, 2.24) is 5.32 Å². The van der Waals surface area contributed by atoms with Gasteiger partial charge in [-0.05, 0) is 26.5 Å². The monoisotopic (exact) mass is 221 g/mol. The van der Waals surface area contributed by atoms with Crippen LogP contribution in [0, 0.1) is 6.92 Å². The zero-order chi connectivity index (χ0) is 11.5. The molecule has 0 aliphatic rings. The van der Waals surface area contributed by atoms with Gasteiger partial charge in [0.15, 0.2) is 0 Å². The number of alkyl halides is 3. The molecule has 1 atom stereocenters. The summed E-state index contributed by atoms with van der Waals surface area (Å²) in [7, 11) is 1.64. The summed E-state index contributed by atoms with van der Waals surface area (Å²) in [4.78, 5) is 0. The van der Waals surface area contributed by atoms with E-state index in [4.69, 9.17) is 4.42 Å². The zero-order valence-electron chi connectivity index (χ0n) is 8.69. The Bertz CT molecular complexity index is 306. The largest absolute Gasteiger partial charge is 0.469 e. The van der Waals surface area contributed by atoms with Crippen molar-refractivity contribution in [3.05, 3.63) is 23.7 Å². The molecule has 0 aliphatic heterocycles. The van der Waals surface area contributed by atoms with Crippen molar-refractivity contribution >= 4 is 0 Å². The first-order valence-corrected chi connectivity index (χ1v) is 4.71. The van der Waals surface area contributed by atoms with Crippen LogP contribution < -0.4 is 5.32 Å². The SMILES string of the molecule is CNC(CCC(F)(F)F)c1coc(C)c1. The standard InChI is InChI=1S/C10H14F3NO/c1-7-5-8(6-15-7)9(14-2)3-4-10(11,12)13/h5-6,9,14H,3-4H2,1-2H3. The lowest BCUT2D eigenvalue weighted by Crippen LogP contribution is -2.19. The molecule has 1 unspecified atom stereocenters. The average Bonchev–Trinajstić information content (AvgIpc) is 2.51. The molecule has 0 fully saturated rings. The van der Waals surface area contributed by atoms with Gasteiger partial charge in [0.2, 0.25) is 0 Å². The first kappa shape index (κ1) is 12.1. The minimum absolute atomic E-state index is 0.0268. The molecule has 1 rings (SSSR count). The van der Waals surface area contributed by atoms with Crippen LogP contribution in [0.4, 0.5) is 13.2 Å². The lowest BCUT2D eigenvalue weighted by atomic mass is 10.1. The predicted molar refractivity (Wildman–Crippen MR) is 50.5 cm³/mol. The highest BCUT2D eigenvalue weighted by Gasteiger charge is 2.28. The molecule has 15 heavy (non-hydrogen) atoms. The molecule has 0 spiro atoms. The number of halogens is 3. The predicted octanol–water partition coefficient (Wildman–Crippen LogP) is 3.19. The minimum atomic E-state index is -4.10. The number of nitrogens with one attached hydrogen (secondary N) is 1. The summed E-state index contributed by atoms with van der Waals surface area (Å²) in [6.07, 6.45) is -3.37. The highest BCUT2D eigenvalue weighted by molar-refractivity contribution is 5.16. The first-order valence-electron chi connectivity index (χ1n) is 4.71. The Morgan fingerprint density at radius 2 is 2.13 bits per heavy atom. The van der Waals surface area contributed by atoms with E-state index in [1.807, 2.05) is 0 Å². The lowest BCUT2D eigenvalue weighted by Gasteiger charge is -2.15. The first-order chi connectivity index (χ1) is 6.92. The fraction of sp³-hybridized carbons (Fsp3) is 0.600. The Hall–Kier alpha value is -0.970. The number of furan rings is 1. The van der Waals surface area contributed by atoms with Gasteiger partial charge in [0, 0.05) is 18.0 Å². The maximum Gasteiger partial charge on any atom is 0.389 e.